The Hall–Kier alpha value is -2.82. The highest BCUT2D eigenvalue weighted by Crippen LogP contribution is 2.20. The molecule has 136 valence electrons. The third kappa shape index (κ3) is 4.63. The topological polar surface area (TPSA) is 51.3 Å². The van der Waals surface area contributed by atoms with Gasteiger partial charge in [-0.2, -0.15) is 0 Å². The Morgan fingerprint density at radius 2 is 1.96 bits per heavy atom. The quantitative estimate of drug-likeness (QED) is 0.481. The van der Waals surface area contributed by atoms with Gasteiger partial charge in [0.05, 0.1) is 19.6 Å². The average molecular weight is 355 g/mol. The summed E-state index contributed by atoms with van der Waals surface area (Å²) in [5.41, 5.74) is 2.83. The van der Waals surface area contributed by atoms with Gasteiger partial charge in [-0.15, -0.1) is 0 Å². The summed E-state index contributed by atoms with van der Waals surface area (Å²) in [6.07, 6.45) is 3.54. The molecule has 1 heterocycles. The van der Waals surface area contributed by atoms with Crippen LogP contribution in [0, 0.1) is 5.82 Å². The summed E-state index contributed by atoms with van der Waals surface area (Å²) >= 11 is 0. The lowest BCUT2D eigenvalue weighted by Crippen LogP contribution is -2.09. The fourth-order valence-corrected chi connectivity index (χ4v) is 2.89. The number of nitrogens with one attached hydrogen (secondary N) is 1. The minimum Gasteiger partial charge on any atom is -0.494 e. The van der Waals surface area contributed by atoms with E-state index >= 15 is 0 Å². The lowest BCUT2D eigenvalue weighted by molar-refractivity contribution is -0.142. The third-order valence-corrected chi connectivity index (χ3v) is 4.17. The van der Waals surface area contributed by atoms with Crippen molar-refractivity contribution >= 4 is 16.9 Å². The van der Waals surface area contributed by atoms with Crippen LogP contribution in [0.15, 0.2) is 48.7 Å². The summed E-state index contributed by atoms with van der Waals surface area (Å²) in [6, 6.07) is 12.1. The average Bonchev–Trinajstić information content (AvgIpc) is 3.03. The van der Waals surface area contributed by atoms with Crippen LogP contribution in [0.2, 0.25) is 0 Å². The predicted molar refractivity (Wildman–Crippen MR) is 98.9 cm³/mol. The van der Waals surface area contributed by atoms with E-state index in [4.69, 9.17) is 9.47 Å². The third-order valence-electron chi connectivity index (χ3n) is 4.17. The Balaban J connectivity index is 1.44. The van der Waals surface area contributed by atoms with Crippen molar-refractivity contribution < 1.29 is 18.7 Å². The second kappa shape index (κ2) is 8.52. The van der Waals surface area contributed by atoms with E-state index in [1.807, 2.05) is 37.4 Å². The number of halogens is 1. The van der Waals surface area contributed by atoms with Crippen LogP contribution in [0.25, 0.3) is 10.9 Å². The molecule has 26 heavy (non-hydrogen) atoms. The lowest BCUT2D eigenvalue weighted by atomic mass is 10.1. The zero-order chi connectivity index (χ0) is 18.4. The van der Waals surface area contributed by atoms with Crippen LogP contribution in [0.1, 0.15) is 24.5 Å². The van der Waals surface area contributed by atoms with E-state index < -0.39 is 0 Å². The Kier molecular flexibility index (Phi) is 5.89. The number of aromatic nitrogens is 1. The highest BCUT2D eigenvalue weighted by molar-refractivity contribution is 5.83. The summed E-state index contributed by atoms with van der Waals surface area (Å²) in [6.45, 7) is 2.89. The van der Waals surface area contributed by atoms with Gasteiger partial charge in [-0.1, -0.05) is 12.1 Å². The monoisotopic (exact) mass is 355 g/mol. The first kappa shape index (κ1) is 18.0. The van der Waals surface area contributed by atoms with Gasteiger partial charge in [0.25, 0.3) is 0 Å². The molecule has 0 bridgehead atoms. The van der Waals surface area contributed by atoms with E-state index in [-0.39, 0.29) is 18.2 Å². The second-order valence-electron chi connectivity index (χ2n) is 6.08. The molecule has 1 aromatic heterocycles. The summed E-state index contributed by atoms with van der Waals surface area (Å²) in [5.74, 6) is 0.291. The van der Waals surface area contributed by atoms with Crippen LogP contribution < -0.4 is 4.74 Å². The molecule has 0 atom stereocenters. The van der Waals surface area contributed by atoms with Crippen molar-refractivity contribution in [2.24, 2.45) is 0 Å². The molecule has 3 rings (SSSR count). The summed E-state index contributed by atoms with van der Waals surface area (Å²) < 4.78 is 24.1. The standard InChI is InChI=1S/C21H22FNO3/c1-2-25-18-8-5-15(6-9-18)12-21(24)26-11-3-4-16-14-23-20-10-7-17(22)13-19(16)20/h5-10,13-14,23H,2-4,11-12H2,1H3. The van der Waals surface area contributed by atoms with Crippen LogP contribution in [0.4, 0.5) is 4.39 Å². The number of H-pyrrole nitrogens is 1. The van der Waals surface area contributed by atoms with Crippen molar-refractivity contribution in [3.63, 3.8) is 0 Å². The lowest BCUT2D eigenvalue weighted by Gasteiger charge is -2.06. The SMILES string of the molecule is CCOc1ccc(CC(=O)OCCCc2c[nH]c3ccc(F)cc23)cc1. The molecule has 4 nitrogen and oxygen atoms in total. The van der Waals surface area contributed by atoms with E-state index in [2.05, 4.69) is 4.98 Å². The number of benzene rings is 2. The van der Waals surface area contributed by atoms with E-state index in [0.717, 1.165) is 34.2 Å². The van der Waals surface area contributed by atoms with Crippen molar-refractivity contribution in [2.45, 2.75) is 26.2 Å². The van der Waals surface area contributed by atoms with Crippen LogP contribution in [0.5, 0.6) is 5.75 Å². The van der Waals surface area contributed by atoms with Gasteiger partial charge >= 0.3 is 5.97 Å². The molecule has 0 spiro atoms. The Labute approximate surface area is 151 Å². The fourth-order valence-electron chi connectivity index (χ4n) is 2.89. The van der Waals surface area contributed by atoms with E-state index in [9.17, 15) is 9.18 Å². The van der Waals surface area contributed by atoms with E-state index in [1.165, 1.54) is 12.1 Å². The number of hydrogen-bond donors (Lipinski definition) is 1. The first-order chi connectivity index (χ1) is 12.7. The number of carbonyl (C=O) groups excluding carboxylic acids is 1. The summed E-state index contributed by atoms with van der Waals surface area (Å²) in [7, 11) is 0. The number of carbonyl (C=O) groups is 1. The van der Waals surface area contributed by atoms with Gasteiger partial charge in [0.15, 0.2) is 0 Å². The zero-order valence-electron chi connectivity index (χ0n) is 14.8. The van der Waals surface area contributed by atoms with Gasteiger partial charge in [0.1, 0.15) is 11.6 Å². The summed E-state index contributed by atoms with van der Waals surface area (Å²) in [5, 5.41) is 0.880. The minimum absolute atomic E-state index is 0.241. The van der Waals surface area contributed by atoms with Gasteiger partial charge in [-0.3, -0.25) is 4.79 Å². The van der Waals surface area contributed by atoms with Gasteiger partial charge < -0.3 is 14.5 Å². The molecule has 1 N–H and O–H groups in total. The molecule has 0 fully saturated rings. The minimum atomic E-state index is -0.251. The van der Waals surface area contributed by atoms with Crippen LogP contribution in [-0.2, 0) is 22.4 Å². The maximum absolute atomic E-state index is 13.4. The Bertz CT molecular complexity index is 871. The van der Waals surface area contributed by atoms with Gasteiger partial charge in [-0.05, 0) is 61.2 Å². The number of fused-ring (bicyclic) bond motifs is 1. The van der Waals surface area contributed by atoms with Crippen molar-refractivity contribution in [1.82, 2.24) is 4.98 Å². The number of esters is 1. The molecular formula is C21H22FNO3. The molecule has 0 saturated carbocycles. The number of rotatable bonds is 8. The van der Waals surface area contributed by atoms with E-state index in [0.29, 0.717) is 19.6 Å². The first-order valence-electron chi connectivity index (χ1n) is 8.78. The number of aromatic amines is 1. The van der Waals surface area contributed by atoms with Crippen LogP contribution in [-0.4, -0.2) is 24.2 Å². The molecule has 2 aromatic carbocycles. The van der Waals surface area contributed by atoms with Crippen molar-refractivity contribution in [1.29, 1.82) is 0 Å². The van der Waals surface area contributed by atoms with E-state index in [1.54, 1.807) is 6.07 Å². The fraction of sp³-hybridized carbons (Fsp3) is 0.286. The first-order valence-corrected chi connectivity index (χ1v) is 8.78. The zero-order valence-corrected chi connectivity index (χ0v) is 14.8. The maximum atomic E-state index is 13.4. The molecule has 0 amide bonds. The molecular weight excluding hydrogens is 333 g/mol. The smallest absolute Gasteiger partial charge is 0.310 e. The molecule has 5 heteroatoms. The largest absolute Gasteiger partial charge is 0.494 e. The van der Waals surface area contributed by atoms with Crippen LogP contribution in [0.3, 0.4) is 0 Å². The van der Waals surface area contributed by atoms with Gasteiger partial charge in [0, 0.05) is 17.1 Å². The number of ether oxygens (including phenoxy) is 2. The Morgan fingerprint density at radius 1 is 1.15 bits per heavy atom. The van der Waals surface area contributed by atoms with Crippen molar-refractivity contribution in [3.8, 4) is 5.75 Å². The molecule has 0 aliphatic heterocycles. The van der Waals surface area contributed by atoms with Crippen molar-refractivity contribution in [3.05, 3.63) is 65.6 Å². The van der Waals surface area contributed by atoms with Crippen molar-refractivity contribution in [2.75, 3.05) is 13.2 Å². The van der Waals surface area contributed by atoms with Gasteiger partial charge in [-0.25, -0.2) is 4.39 Å². The Morgan fingerprint density at radius 3 is 2.73 bits per heavy atom. The number of hydrogen-bond acceptors (Lipinski definition) is 3. The molecule has 3 aromatic rings. The second-order valence-corrected chi connectivity index (χ2v) is 6.08. The molecule has 0 unspecified atom stereocenters. The summed E-state index contributed by atoms with van der Waals surface area (Å²) in [4.78, 5) is 15.1. The number of aryl methyl sites for hydroxylation is 1. The molecule has 0 saturated heterocycles. The van der Waals surface area contributed by atoms with Gasteiger partial charge in [0.2, 0.25) is 0 Å². The van der Waals surface area contributed by atoms with Crippen LogP contribution >= 0.6 is 0 Å². The maximum Gasteiger partial charge on any atom is 0.310 e. The molecule has 0 aliphatic rings. The highest BCUT2D eigenvalue weighted by Gasteiger charge is 2.07. The predicted octanol–water partition coefficient (Wildman–Crippen LogP) is 4.42. The normalized spacial score (nSPS) is 10.8. The molecule has 0 aliphatic carbocycles. The highest BCUT2D eigenvalue weighted by atomic mass is 19.1. The molecule has 0 radical (unpaired) electrons.